The summed E-state index contributed by atoms with van der Waals surface area (Å²) in [6.45, 7) is 3.88. The number of nitrogens with zero attached hydrogens (tertiary/aromatic N) is 2. The number of amides is 1. The summed E-state index contributed by atoms with van der Waals surface area (Å²) in [4.78, 5) is 24.5. The van der Waals surface area contributed by atoms with E-state index < -0.39 is 4.92 Å². The Hall–Kier alpha value is -1.47. The van der Waals surface area contributed by atoms with E-state index in [1.807, 2.05) is 11.8 Å². The van der Waals surface area contributed by atoms with Gasteiger partial charge >= 0.3 is 0 Å². The van der Waals surface area contributed by atoms with E-state index in [-0.39, 0.29) is 17.6 Å². The maximum Gasteiger partial charge on any atom is 0.283 e. The van der Waals surface area contributed by atoms with Crippen molar-refractivity contribution in [2.45, 2.75) is 32.4 Å². The summed E-state index contributed by atoms with van der Waals surface area (Å²) in [5, 5.41) is 14.0. The van der Waals surface area contributed by atoms with E-state index in [0.29, 0.717) is 11.0 Å². The third-order valence-corrected chi connectivity index (χ3v) is 4.56. The second kappa shape index (κ2) is 7.00. The van der Waals surface area contributed by atoms with E-state index in [4.69, 9.17) is 0 Å². The molecule has 1 aliphatic heterocycles. The number of hydrogen-bond acceptors (Lipinski definition) is 4. The van der Waals surface area contributed by atoms with Crippen LogP contribution in [0.5, 0.6) is 0 Å². The molecule has 7 heteroatoms. The van der Waals surface area contributed by atoms with Crippen LogP contribution in [0.4, 0.5) is 5.69 Å². The molecule has 6 nitrogen and oxygen atoms in total. The average molecular weight is 356 g/mol. The number of carbonyl (C=O) groups is 1. The molecule has 1 heterocycles. The molecule has 0 spiro atoms. The number of carbonyl (C=O) groups excluding carboxylic acids is 1. The Morgan fingerprint density at radius 2 is 2.14 bits per heavy atom. The van der Waals surface area contributed by atoms with Gasteiger partial charge in [0.1, 0.15) is 0 Å². The molecule has 0 aromatic heterocycles. The maximum atomic E-state index is 12.2. The summed E-state index contributed by atoms with van der Waals surface area (Å²) in [5.41, 5.74) is 0.804. The van der Waals surface area contributed by atoms with Gasteiger partial charge in [0.2, 0.25) is 5.91 Å². The minimum atomic E-state index is -0.424. The number of benzene rings is 1. The van der Waals surface area contributed by atoms with Gasteiger partial charge in [0.15, 0.2) is 0 Å². The van der Waals surface area contributed by atoms with E-state index >= 15 is 0 Å². The molecule has 0 bridgehead atoms. The van der Waals surface area contributed by atoms with Crippen LogP contribution < -0.4 is 5.32 Å². The Morgan fingerprint density at radius 3 is 2.76 bits per heavy atom. The van der Waals surface area contributed by atoms with Gasteiger partial charge in [0.05, 0.1) is 15.4 Å². The summed E-state index contributed by atoms with van der Waals surface area (Å²) in [6.07, 6.45) is 2.13. The first-order valence-electron chi connectivity index (χ1n) is 6.94. The highest BCUT2D eigenvalue weighted by atomic mass is 79.9. The zero-order valence-corrected chi connectivity index (χ0v) is 13.4. The molecular weight excluding hydrogens is 338 g/mol. The minimum absolute atomic E-state index is 0.0350. The molecule has 0 aliphatic carbocycles. The lowest BCUT2D eigenvalue weighted by molar-refractivity contribution is -0.385. The van der Waals surface area contributed by atoms with Gasteiger partial charge in [0, 0.05) is 25.7 Å². The van der Waals surface area contributed by atoms with Crippen molar-refractivity contribution in [3.63, 3.8) is 0 Å². The lowest BCUT2D eigenvalue weighted by Gasteiger charge is -2.21. The number of nitro groups is 1. The van der Waals surface area contributed by atoms with Crippen molar-refractivity contribution in [2.24, 2.45) is 0 Å². The molecule has 1 aromatic rings. The van der Waals surface area contributed by atoms with Crippen LogP contribution >= 0.6 is 15.9 Å². The topological polar surface area (TPSA) is 75.5 Å². The van der Waals surface area contributed by atoms with Crippen LogP contribution in [0.3, 0.4) is 0 Å². The highest BCUT2D eigenvalue weighted by Gasteiger charge is 2.23. The van der Waals surface area contributed by atoms with Gasteiger partial charge in [-0.1, -0.05) is 12.1 Å². The number of rotatable bonds is 5. The number of nitro benzene ring substituents is 1. The molecule has 1 amide bonds. The van der Waals surface area contributed by atoms with Gasteiger partial charge in [-0.3, -0.25) is 14.9 Å². The van der Waals surface area contributed by atoms with Crippen LogP contribution in [0, 0.1) is 10.1 Å². The fourth-order valence-corrected chi connectivity index (χ4v) is 2.95. The van der Waals surface area contributed by atoms with Crippen LogP contribution in [0.1, 0.15) is 25.3 Å². The van der Waals surface area contributed by atoms with Crippen LogP contribution in [-0.4, -0.2) is 34.9 Å². The fraction of sp³-hybridized carbons (Fsp3) is 0.500. The number of halogens is 1. The summed E-state index contributed by atoms with van der Waals surface area (Å²) in [5.74, 6) is 0.0917. The van der Waals surface area contributed by atoms with Gasteiger partial charge in [-0.25, -0.2) is 0 Å². The van der Waals surface area contributed by atoms with Crippen molar-refractivity contribution < 1.29 is 9.72 Å². The maximum absolute atomic E-state index is 12.2. The van der Waals surface area contributed by atoms with E-state index in [0.717, 1.165) is 31.5 Å². The van der Waals surface area contributed by atoms with Crippen molar-refractivity contribution in [1.29, 1.82) is 0 Å². The lowest BCUT2D eigenvalue weighted by Crippen LogP contribution is -2.43. The molecule has 1 aromatic carbocycles. The standard InChI is InChI=1S/C14H18BrN3O3/c1-10(14(19)17-7-2-3-8-17)16-9-11-5-4-6-12(13(11)15)18(20)21/h4-6,10,16H,2-3,7-9H2,1H3. The molecule has 1 fully saturated rings. The first-order valence-corrected chi connectivity index (χ1v) is 7.74. The van der Waals surface area contributed by atoms with E-state index in [9.17, 15) is 14.9 Å². The Morgan fingerprint density at radius 1 is 1.48 bits per heavy atom. The van der Waals surface area contributed by atoms with Crippen LogP contribution in [0.25, 0.3) is 0 Å². The zero-order valence-electron chi connectivity index (χ0n) is 11.8. The number of likely N-dealkylation sites (tertiary alicyclic amines) is 1. The molecule has 1 atom stereocenters. The smallest absolute Gasteiger partial charge is 0.283 e. The Balaban J connectivity index is 1.98. The molecule has 1 unspecified atom stereocenters. The van der Waals surface area contributed by atoms with Crippen LogP contribution in [0.2, 0.25) is 0 Å². The summed E-state index contributed by atoms with van der Waals surface area (Å²) < 4.78 is 0.461. The summed E-state index contributed by atoms with van der Waals surface area (Å²) in [7, 11) is 0. The first-order chi connectivity index (χ1) is 10.0. The molecule has 2 rings (SSSR count). The molecule has 1 aliphatic rings. The van der Waals surface area contributed by atoms with Crippen molar-refractivity contribution in [1.82, 2.24) is 10.2 Å². The van der Waals surface area contributed by atoms with Crippen molar-refractivity contribution in [3.05, 3.63) is 38.3 Å². The molecule has 1 N–H and O–H groups in total. The lowest BCUT2D eigenvalue weighted by atomic mass is 10.2. The molecule has 0 saturated carbocycles. The average Bonchev–Trinajstić information content (AvgIpc) is 2.98. The minimum Gasteiger partial charge on any atom is -0.341 e. The van der Waals surface area contributed by atoms with E-state index in [2.05, 4.69) is 21.2 Å². The predicted molar refractivity (Wildman–Crippen MR) is 82.9 cm³/mol. The van der Waals surface area contributed by atoms with E-state index in [1.54, 1.807) is 12.1 Å². The SMILES string of the molecule is CC(NCc1cccc([N+](=O)[O-])c1Br)C(=O)N1CCCC1. The molecule has 1 saturated heterocycles. The van der Waals surface area contributed by atoms with Gasteiger partial charge < -0.3 is 10.2 Å². The van der Waals surface area contributed by atoms with Crippen molar-refractivity contribution in [2.75, 3.05) is 13.1 Å². The number of nitrogens with one attached hydrogen (secondary N) is 1. The Kier molecular flexibility index (Phi) is 5.30. The Bertz CT molecular complexity index is 544. The zero-order chi connectivity index (χ0) is 15.4. The predicted octanol–water partition coefficient (Wildman–Crippen LogP) is 2.46. The fourth-order valence-electron chi connectivity index (χ4n) is 2.41. The largest absolute Gasteiger partial charge is 0.341 e. The molecule has 0 radical (unpaired) electrons. The molecule has 21 heavy (non-hydrogen) atoms. The third kappa shape index (κ3) is 3.79. The summed E-state index contributed by atoms with van der Waals surface area (Å²) >= 11 is 3.26. The van der Waals surface area contributed by atoms with Gasteiger partial charge in [-0.05, 0) is 41.3 Å². The second-order valence-corrected chi connectivity index (χ2v) is 5.94. The summed E-state index contributed by atoms with van der Waals surface area (Å²) in [6, 6.07) is 4.60. The highest BCUT2D eigenvalue weighted by Crippen LogP contribution is 2.28. The third-order valence-electron chi connectivity index (χ3n) is 3.64. The Labute approximate surface area is 131 Å². The quantitative estimate of drug-likeness (QED) is 0.650. The first kappa shape index (κ1) is 15.9. The van der Waals surface area contributed by atoms with Gasteiger partial charge in [0.25, 0.3) is 5.69 Å². The highest BCUT2D eigenvalue weighted by molar-refractivity contribution is 9.10. The monoisotopic (exact) mass is 355 g/mol. The van der Waals surface area contributed by atoms with Crippen molar-refractivity contribution >= 4 is 27.5 Å². The second-order valence-electron chi connectivity index (χ2n) is 5.14. The van der Waals surface area contributed by atoms with Crippen LogP contribution in [0.15, 0.2) is 22.7 Å². The van der Waals surface area contributed by atoms with Crippen LogP contribution in [-0.2, 0) is 11.3 Å². The van der Waals surface area contributed by atoms with Crippen molar-refractivity contribution in [3.8, 4) is 0 Å². The molecule has 114 valence electrons. The molecular formula is C14H18BrN3O3. The van der Waals surface area contributed by atoms with Gasteiger partial charge in [-0.2, -0.15) is 0 Å². The van der Waals surface area contributed by atoms with E-state index in [1.165, 1.54) is 6.07 Å². The van der Waals surface area contributed by atoms with Gasteiger partial charge in [-0.15, -0.1) is 0 Å². The number of hydrogen-bond donors (Lipinski definition) is 1. The normalized spacial score (nSPS) is 16.0.